The van der Waals surface area contributed by atoms with Crippen molar-refractivity contribution >= 4 is 24.2 Å². The molecule has 1 rings (SSSR count). The number of hydrogen-bond donors (Lipinski definition) is 2. The topological polar surface area (TPSA) is 88.2 Å². The smallest absolute Gasteiger partial charge is 0.243 e. The highest BCUT2D eigenvalue weighted by Crippen LogP contribution is 1.99. The van der Waals surface area contributed by atoms with Crippen LogP contribution in [0.15, 0.2) is 30.1 Å². The normalized spacial score (nSPS) is 10.6. The molecule has 2 amide bonds. The minimum Gasteiger partial charge on any atom is -0.347 e. The van der Waals surface area contributed by atoms with Crippen molar-refractivity contribution < 1.29 is 14.4 Å². The number of rotatable bonds is 5. The molecule has 1 aromatic rings. The van der Waals surface area contributed by atoms with Gasteiger partial charge in [0, 0.05) is 13.1 Å². The Morgan fingerprint density at radius 2 is 2.17 bits per heavy atom. The van der Waals surface area contributed by atoms with Gasteiger partial charge in [0.15, 0.2) is 6.29 Å². The molecule has 1 aromatic heterocycles. The van der Waals surface area contributed by atoms with E-state index in [4.69, 9.17) is 0 Å². The summed E-state index contributed by atoms with van der Waals surface area (Å²) in [7, 11) is 0. The highest BCUT2D eigenvalue weighted by Gasteiger charge is 2.04. The average molecular weight is 247 g/mol. The van der Waals surface area contributed by atoms with Gasteiger partial charge in [0.25, 0.3) is 0 Å². The third kappa shape index (κ3) is 5.02. The van der Waals surface area contributed by atoms with Crippen molar-refractivity contribution in [1.29, 1.82) is 0 Å². The van der Waals surface area contributed by atoms with Crippen molar-refractivity contribution in [3.63, 3.8) is 0 Å². The highest BCUT2D eigenvalue weighted by molar-refractivity contribution is 5.91. The zero-order valence-electron chi connectivity index (χ0n) is 9.84. The summed E-state index contributed by atoms with van der Waals surface area (Å²) >= 11 is 0. The molecule has 0 bridgehead atoms. The Hall–Kier alpha value is -2.50. The summed E-state index contributed by atoms with van der Waals surface area (Å²) in [6, 6.07) is 5.21. The second-order valence-electron chi connectivity index (χ2n) is 3.43. The first-order valence-electron chi connectivity index (χ1n) is 5.24. The second-order valence-corrected chi connectivity index (χ2v) is 3.43. The molecule has 1 heterocycles. The standard InChI is InChI=1S/C12H13N3O3/c1-9(17)14-7-12(18)15-11(8-16)6-10-4-2-3-5-13-10/h2-6,8H,7H2,1H3,(H,14,17)(H,15,18). The number of carbonyl (C=O) groups is 3. The van der Waals surface area contributed by atoms with Gasteiger partial charge in [-0.2, -0.15) is 0 Å². The Morgan fingerprint density at radius 1 is 1.39 bits per heavy atom. The van der Waals surface area contributed by atoms with E-state index in [1.54, 1.807) is 24.4 Å². The van der Waals surface area contributed by atoms with Crippen LogP contribution in [0.5, 0.6) is 0 Å². The van der Waals surface area contributed by atoms with Crippen LogP contribution in [0.4, 0.5) is 0 Å². The van der Waals surface area contributed by atoms with Gasteiger partial charge in [0.1, 0.15) is 0 Å². The van der Waals surface area contributed by atoms with Gasteiger partial charge < -0.3 is 10.6 Å². The molecule has 0 unspecified atom stereocenters. The van der Waals surface area contributed by atoms with Gasteiger partial charge in [-0.3, -0.25) is 19.4 Å². The molecule has 0 saturated heterocycles. The first kappa shape index (κ1) is 13.6. The molecule has 2 N–H and O–H groups in total. The Kier molecular flexibility index (Phi) is 5.24. The molecule has 0 aliphatic carbocycles. The maximum absolute atomic E-state index is 11.4. The van der Waals surface area contributed by atoms with E-state index in [9.17, 15) is 14.4 Å². The predicted octanol–water partition coefficient (Wildman–Crippen LogP) is -0.126. The summed E-state index contributed by atoms with van der Waals surface area (Å²) in [4.78, 5) is 36.7. The van der Waals surface area contributed by atoms with E-state index in [1.165, 1.54) is 13.0 Å². The molecule has 94 valence electrons. The minimum absolute atomic E-state index is 0.0871. The zero-order chi connectivity index (χ0) is 13.4. The number of allylic oxidation sites excluding steroid dienone is 1. The average Bonchev–Trinajstić information content (AvgIpc) is 2.37. The van der Waals surface area contributed by atoms with Crippen LogP contribution in [0.25, 0.3) is 6.08 Å². The fraction of sp³-hybridized carbons (Fsp3) is 0.167. The lowest BCUT2D eigenvalue weighted by atomic mass is 10.3. The third-order valence-corrected chi connectivity index (χ3v) is 1.90. The molecule has 6 heteroatoms. The summed E-state index contributed by atoms with van der Waals surface area (Å²) in [6.07, 6.45) is 3.53. The molecule has 6 nitrogen and oxygen atoms in total. The van der Waals surface area contributed by atoms with Crippen molar-refractivity contribution in [2.75, 3.05) is 6.54 Å². The molecule has 0 radical (unpaired) electrons. The lowest BCUT2D eigenvalue weighted by molar-refractivity contribution is -0.124. The van der Waals surface area contributed by atoms with Crippen molar-refractivity contribution in [1.82, 2.24) is 15.6 Å². The summed E-state index contributed by atoms with van der Waals surface area (Å²) in [5.74, 6) is -0.786. The molecular weight excluding hydrogens is 234 g/mol. The van der Waals surface area contributed by atoms with Gasteiger partial charge in [-0.1, -0.05) is 6.07 Å². The van der Waals surface area contributed by atoms with Crippen LogP contribution in [0.3, 0.4) is 0 Å². The van der Waals surface area contributed by atoms with E-state index in [0.717, 1.165) is 0 Å². The van der Waals surface area contributed by atoms with Gasteiger partial charge in [-0.15, -0.1) is 0 Å². The van der Waals surface area contributed by atoms with E-state index in [-0.39, 0.29) is 18.1 Å². The molecular formula is C12H13N3O3. The molecule has 0 fully saturated rings. The van der Waals surface area contributed by atoms with Gasteiger partial charge in [-0.05, 0) is 18.2 Å². The number of nitrogens with one attached hydrogen (secondary N) is 2. The number of pyridine rings is 1. The maximum atomic E-state index is 11.4. The number of carbonyl (C=O) groups excluding carboxylic acids is 3. The number of aromatic nitrogens is 1. The Balaban J connectivity index is 2.62. The molecule has 0 saturated carbocycles. The van der Waals surface area contributed by atoms with Crippen LogP contribution in [0.1, 0.15) is 12.6 Å². The number of hydrogen-bond acceptors (Lipinski definition) is 4. The lowest BCUT2D eigenvalue weighted by Crippen LogP contribution is -2.35. The van der Waals surface area contributed by atoms with Gasteiger partial charge in [0.2, 0.25) is 11.8 Å². The van der Waals surface area contributed by atoms with E-state index >= 15 is 0 Å². The first-order chi connectivity index (χ1) is 8.61. The maximum Gasteiger partial charge on any atom is 0.243 e. The van der Waals surface area contributed by atoms with Gasteiger partial charge in [0.05, 0.1) is 17.9 Å². The number of amides is 2. The van der Waals surface area contributed by atoms with Crippen LogP contribution in [-0.2, 0) is 14.4 Å². The molecule has 0 aliphatic heterocycles. The Labute approximate surface area is 104 Å². The fourth-order valence-electron chi connectivity index (χ4n) is 1.13. The van der Waals surface area contributed by atoms with Crippen LogP contribution in [-0.4, -0.2) is 29.6 Å². The van der Waals surface area contributed by atoms with E-state index in [0.29, 0.717) is 12.0 Å². The minimum atomic E-state index is -0.473. The van der Waals surface area contributed by atoms with Crippen molar-refractivity contribution in [3.05, 3.63) is 35.8 Å². The molecule has 0 aromatic carbocycles. The fourth-order valence-corrected chi connectivity index (χ4v) is 1.13. The van der Waals surface area contributed by atoms with Crippen LogP contribution in [0.2, 0.25) is 0 Å². The van der Waals surface area contributed by atoms with Crippen LogP contribution < -0.4 is 10.6 Å². The zero-order valence-corrected chi connectivity index (χ0v) is 9.84. The van der Waals surface area contributed by atoms with Crippen LogP contribution in [0, 0.1) is 0 Å². The number of aldehydes is 1. The SMILES string of the molecule is CC(=O)NCC(=O)NC(C=O)=Cc1ccccn1. The summed E-state index contributed by atoms with van der Waals surface area (Å²) in [5.41, 5.74) is 0.642. The second kappa shape index (κ2) is 6.95. The lowest BCUT2D eigenvalue weighted by Gasteiger charge is -2.04. The van der Waals surface area contributed by atoms with Crippen molar-refractivity contribution in [2.45, 2.75) is 6.92 Å². The van der Waals surface area contributed by atoms with Crippen molar-refractivity contribution in [3.8, 4) is 0 Å². The third-order valence-electron chi connectivity index (χ3n) is 1.90. The first-order valence-corrected chi connectivity index (χ1v) is 5.24. The van der Waals surface area contributed by atoms with E-state index in [1.807, 2.05) is 0 Å². The quantitative estimate of drug-likeness (QED) is 0.560. The molecule has 0 atom stereocenters. The van der Waals surface area contributed by atoms with Crippen molar-refractivity contribution in [2.24, 2.45) is 0 Å². The molecule has 0 aliphatic rings. The largest absolute Gasteiger partial charge is 0.347 e. The number of nitrogens with zero attached hydrogens (tertiary/aromatic N) is 1. The predicted molar refractivity (Wildman–Crippen MR) is 65.1 cm³/mol. The van der Waals surface area contributed by atoms with Gasteiger partial charge >= 0.3 is 0 Å². The Bertz CT molecular complexity index is 469. The van der Waals surface area contributed by atoms with Crippen LogP contribution >= 0.6 is 0 Å². The molecule has 18 heavy (non-hydrogen) atoms. The highest BCUT2D eigenvalue weighted by atomic mass is 16.2. The van der Waals surface area contributed by atoms with E-state index in [2.05, 4.69) is 15.6 Å². The molecule has 0 spiro atoms. The summed E-state index contributed by atoms with van der Waals surface area (Å²) in [6.45, 7) is 1.13. The van der Waals surface area contributed by atoms with Gasteiger partial charge in [-0.25, -0.2) is 0 Å². The summed E-state index contributed by atoms with van der Waals surface area (Å²) in [5, 5.41) is 4.70. The summed E-state index contributed by atoms with van der Waals surface area (Å²) < 4.78 is 0. The monoisotopic (exact) mass is 247 g/mol. The Morgan fingerprint density at radius 3 is 2.72 bits per heavy atom. The van der Waals surface area contributed by atoms with E-state index < -0.39 is 5.91 Å².